The summed E-state index contributed by atoms with van der Waals surface area (Å²) in [7, 11) is 0. The van der Waals surface area contributed by atoms with Gasteiger partial charge in [-0.3, -0.25) is 0 Å². The van der Waals surface area contributed by atoms with Gasteiger partial charge in [0.2, 0.25) is 0 Å². The van der Waals surface area contributed by atoms with E-state index < -0.39 is 0 Å². The van der Waals surface area contributed by atoms with Crippen molar-refractivity contribution in [2.75, 3.05) is 11.9 Å². The Kier molecular flexibility index (Phi) is 4.01. The summed E-state index contributed by atoms with van der Waals surface area (Å²) in [6.07, 6.45) is 3.73. The van der Waals surface area contributed by atoms with E-state index in [0.29, 0.717) is 5.92 Å². The fraction of sp³-hybridized carbons (Fsp3) is 0.167. The van der Waals surface area contributed by atoms with E-state index in [-0.39, 0.29) is 0 Å². The Morgan fingerprint density at radius 1 is 1.00 bits per heavy atom. The van der Waals surface area contributed by atoms with Crippen LogP contribution in [0, 0.1) is 0 Å². The zero-order valence-corrected chi connectivity index (χ0v) is 12.1. The summed E-state index contributed by atoms with van der Waals surface area (Å²) < 4.78 is 1.86. The number of benzene rings is 2. The molecule has 0 aliphatic carbocycles. The van der Waals surface area contributed by atoms with Crippen LogP contribution >= 0.6 is 0 Å². The average molecular weight is 277 g/mol. The summed E-state index contributed by atoms with van der Waals surface area (Å²) in [4.78, 5) is 0. The van der Waals surface area contributed by atoms with E-state index in [1.165, 1.54) is 5.56 Å². The fourth-order valence-corrected chi connectivity index (χ4v) is 2.32. The third-order valence-corrected chi connectivity index (χ3v) is 3.62. The van der Waals surface area contributed by atoms with Crippen LogP contribution in [0.25, 0.3) is 5.69 Å². The summed E-state index contributed by atoms with van der Waals surface area (Å²) in [5, 5.41) is 7.71. The first kappa shape index (κ1) is 13.4. The van der Waals surface area contributed by atoms with Gasteiger partial charge in [-0.25, -0.2) is 4.68 Å². The summed E-state index contributed by atoms with van der Waals surface area (Å²) in [6, 6.07) is 20.8. The highest BCUT2D eigenvalue weighted by Crippen LogP contribution is 2.17. The van der Waals surface area contributed by atoms with Gasteiger partial charge in [-0.1, -0.05) is 37.3 Å². The second-order valence-corrected chi connectivity index (χ2v) is 5.19. The molecule has 0 radical (unpaired) electrons. The average Bonchev–Trinajstić information content (AvgIpc) is 3.08. The van der Waals surface area contributed by atoms with Crippen molar-refractivity contribution in [3.8, 4) is 5.69 Å². The molecule has 1 unspecified atom stereocenters. The molecule has 0 bridgehead atoms. The van der Waals surface area contributed by atoms with Crippen molar-refractivity contribution >= 4 is 5.69 Å². The summed E-state index contributed by atoms with van der Waals surface area (Å²) in [6.45, 7) is 3.16. The Labute approximate surface area is 125 Å². The van der Waals surface area contributed by atoms with Gasteiger partial charge in [0, 0.05) is 24.6 Å². The van der Waals surface area contributed by atoms with Gasteiger partial charge in [0.1, 0.15) is 0 Å². The molecule has 0 saturated carbocycles. The van der Waals surface area contributed by atoms with Crippen LogP contribution < -0.4 is 5.32 Å². The molecule has 1 heterocycles. The van der Waals surface area contributed by atoms with Gasteiger partial charge in [0.15, 0.2) is 0 Å². The van der Waals surface area contributed by atoms with Crippen LogP contribution in [0.1, 0.15) is 18.4 Å². The first-order chi connectivity index (χ1) is 10.3. The number of hydrogen-bond donors (Lipinski definition) is 1. The molecule has 1 N–H and O–H groups in total. The summed E-state index contributed by atoms with van der Waals surface area (Å²) >= 11 is 0. The topological polar surface area (TPSA) is 29.9 Å². The lowest BCUT2D eigenvalue weighted by Crippen LogP contribution is -2.09. The summed E-state index contributed by atoms with van der Waals surface area (Å²) in [5.41, 5.74) is 3.56. The Morgan fingerprint density at radius 2 is 1.76 bits per heavy atom. The lowest BCUT2D eigenvalue weighted by Gasteiger charge is -2.14. The molecule has 1 aromatic heterocycles. The van der Waals surface area contributed by atoms with Gasteiger partial charge < -0.3 is 5.32 Å². The zero-order valence-electron chi connectivity index (χ0n) is 12.1. The van der Waals surface area contributed by atoms with E-state index in [0.717, 1.165) is 17.9 Å². The highest BCUT2D eigenvalue weighted by Gasteiger charge is 2.04. The highest BCUT2D eigenvalue weighted by atomic mass is 15.3. The van der Waals surface area contributed by atoms with E-state index in [1.54, 1.807) is 6.20 Å². The van der Waals surface area contributed by atoms with Crippen molar-refractivity contribution in [3.05, 3.63) is 78.6 Å². The van der Waals surface area contributed by atoms with E-state index in [9.17, 15) is 0 Å². The SMILES string of the molecule is CC(CNc1ccc(-n2cccn2)cc1)c1ccccc1. The smallest absolute Gasteiger partial charge is 0.0647 e. The molecule has 21 heavy (non-hydrogen) atoms. The first-order valence-corrected chi connectivity index (χ1v) is 7.22. The van der Waals surface area contributed by atoms with Crippen molar-refractivity contribution in [1.29, 1.82) is 0 Å². The van der Waals surface area contributed by atoms with Crippen molar-refractivity contribution in [2.24, 2.45) is 0 Å². The Morgan fingerprint density at radius 3 is 2.43 bits per heavy atom. The lowest BCUT2D eigenvalue weighted by atomic mass is 10.0. The highest BCUT2D eigenvalue weighted by molar-refractivity contribution is 5.48. The lowest BCUT2D eigenvalue weighted by molar-refractivity contribution is 0.805. The number of rotatable bonds is 5. The Bertz CT molecular complexity index is 657. The predicted octanol–water partition coefficient (Wildman–Crippen LogP) is 4.09. The van der Waals surface area contributed by atoms with E-state index in [2.05, 4.69) is 71.9 Å². The quantitative estimate of drug-likeness (QED) is 0.761. The monoisotopic (exact) mass is 277 g/mol. The maximum absolute atomic E-state index is 4.23. The van der Waals surface area contributed by atoms with Crippen LogP contribution in [0.15, 0.2) is 73.1 Å². The molecule has 1 atom stereocenters. The van der Waals surface area contributed by atoms with Crippen molar-refractivity contribution in [3.63, 3.8) is 0 Å². The molecule has 0 amide bonds. The minimum atomic E-state index is 0.483. The van der Waals surface area contributed by atoms with Crippen molar-refractivity contribution in [2.45, 2.75) is 12.8 Å². The predicted molar refractivity (Wildman–Crippen MR) is 86.9 cm³/mol. The molecule has 3 heteroatoms. The zero-order chi connectivity index (χ0) is 14.5. The normalized spacial score (nSPS) is 12.0. The standard InChI is InChI=1S/C18H19N3/c1-15(16-6-3-2-4-7-16)14-19-17-8-10-18(11-9-17)21-13-5-12-20-21/h2-13,15,19H,14H2,1H3. The van der Waals surface area contributed by atoms with Crippen LogP contribution in [0.4, 0.5) is 5.69 Å². The molecule has 0 spiro atoms. The Hall–Kier alpha value is -2.55. The fourth-order valence-electron chi connectivity index (χ4n) is 2.32. The van der Waals surface area contributed by atoms with E-state index in [4.69, 9.17) is 0 Å². The largest absolute Gasteiger partial charge is 0.384 e. The molecule has 3 rings (SSSR count). The third-order valence-electron chi connectivity index (χ3n) is 3.62. The number of nitrogens with one attached hydrogen (secondary N) is 1. The van der Waals surface area contributed by atoms with E-state index >= 15 is 0 Å². The van der Waals surface area contributed by atoms with Gasteiger partial charge >= 0.3 is 0 Å². The van der Waals surface area contributed by atoms with Crippen LogP contribution in [-0.2, 0) is 0 Å². The molecular formula is C18H19N3. The second kappa shape index (κ2) is 6.27. The number of hydrogen-bond acceptors (Lipinski definition) is 2. The maximum Gasteiger partial charge on any atom is 0.0647 e. The van der Waals surface area contributed by atoms with Gasteiger partial charge in [0.25, 0.3) is 0 Å². The first-order valence-electron chi connectivity index (χ1n) is 7.22. The molecule has 3 nitrogen and oxygen atoms in total. The third kappa shape index (κ3) is 3.31. The van der Waals surface area contributed by atoms with Crippen molar-refractivity contribution < 1.29 is 0 Å². The minimum absolute atomic E-state index is 0.483. The molecule has 0 fully saturated rings. The number of aromatic nitrogens is 2. The van der Waals surface area contributed by atoms with Crippen LogP contribution in [0.3, 0.4) is 0 Å². The molecule has 0 aliphatic rings. The molecule has 3 aromatic rings. The minimum Gasteiger partial charge on any atom is -0.384 e. The van der Waals surface area contributed by atoms with Crippen LogP contribution in [0.5, 0.6) is 0 Å². The van der Waals surface area contributed by atoms with Crippen molar-refractivity contribution in [1.82, 2.24) is 9.78 Å². The molecule has 106 valence electrons. The van der Waals surface area contributed by atoms with Gasteiger partial charge in [0.05, 0.1) is 5.69 Å². The van der Waals surface area contributed by atoms with Crippen LogP contribution in [0.2, 0.25) is 0 Å². The van der Waals surface area contributed by atoms with E-state index in [1.807, 2.05) is 16.9 Å². The maximum atomic E-state index is 4.23. The molecule has 2 aromatic carbocycles. The van der Waals surface area contributed by atoms with Gasteiger partial charge in [-0.05, 0) is 41.8 Å². The number of anilines is 1. The Balaban J connectivity index is 1.61. The molecule has 0 aliphatic heterocycles. The van der Waals surface area contributed by atoms with Gasteiger partial charge in [-0.2, -0.15) is 5.10 Å². The number of nitrogens with zero attached hydrogens (tertiary/aromatic N) is 2. The molecule has 0 saturated heterocycles. The summed E-state index contributed by atoms with van der Waals surface area (Å²) in [5.74, 6) is 0.483. The second-order valence-electron chi connectivity index (χ2n) is 5.19. The molecular weight excluding hydrogens is 258 g/mol. The van der Waals surface area contributed by atoms with Gasteiger partial charge in [-0.15, -0.1) is 0 Å². The van der Waals surface area contributed by atoms with Crippen LogP contribution in [-0.4, -0.2) is 16.3 Å².